The number of thiazole rings is 1. The standard InChI is InChI=1S/C22H23N3O2S/c1-3-24(4-2)13-14-25(22-23-17-10-6-8-12-20(17)28-22)21(26)19-15-16-9-5-7-11-18(16)27-19/h5-12,15H,3-4,13-14H2,1-2H3. The van der Waals surface area contributed by atoms with Crippen molar-refractivity contribution in [2.24, 2.45) is 0 Å². The van der Waals surface area contributed by atoms with Crippen LogP contribution in [0.1, 0.15) is 24.4 Å². The van der Waals surface area contributed by atoms with Gasteiger partial charge in [-0.1, -0.05) is 55.5 Å². The lowest BCUT2D eigenvalue weighted by atomic mass is 10.2. The van der Waals surface area contributed by atoms with E-state index in [-0.39, 0.29) is 5.91 Å². The highest BCUT2D eigenvalue weighted by Crippen LogP contribution is 2.30. The summed E-state index contributed by atoms with van der Waals surface area (Å²) in [4.78, 5) is 22.1. The molecule has 1 amide bonds. The van der Waals surface area contributed by atoms with Crippen molar-refractivity contribution in [3.8, 4) is 0 Å². The third-order valence-corrected chi connectivity index (χ3v) is 5.99. The molecule has 144 valence electrons. The van der Waals surface area contributed by atoms with Crippen molar-refractivity contribution in [3.63, 3.8) is 0 Å². The molecule has 2 heterocycles. The van der Waals surface area contributed by atoms with Gasteiger partial charge < -0.3 is 9.32 Å². The van der Waals surface area contributed by atoms with Gasteiger partial charge in [0.2, 0.25) is 0 Å². The Morgan fingerprint density at radius 1 is 1.04 bits per heavy atom. The zero-order chi connectivity index (χ0) is 19.5. The van der Waals surface area contributed by atoms with E-state index in [0.29, 0.717) is 17.4 Å². The van der Waals surface area contributed by atoms with E-state index >= 15 is 0 Å². The number of carbonyl (C=O) groups excluding carboxylic acids is 1. The quantitative estimate of drug-likeness (QED) is 0.442. The van der Waals surface area contributed by atoms with E-state index in [2.05, 4.69) is 18.7 Å². The molecule has 0 fully saturated rings. The predicted molar refractivity (Wildman–Crippen MR) is 115 cm³/mol. The molecule has 4 aromatic rings. The van der Waals surface area contributed by atoms with Gasteiger partial charge in [0, 0.05) is 18.5 Å². The Labute approximate surface area is 168 Å². The molecule has 2 aromatic carbocycles. The summed E-state index contributed by atoms with van der Waals surface area (Å²) in [6.07, 6.45) is 0. The molecule has 0 aliphatic rings. The molecule has 0 aliphatic heterocycles. The number of benzene rings is 2. The Hall–Kier alpha value is -2.70. The summed E-state index contributed by atoms with van der Waals surface area (Å²) in [7, 11) is 0. The first-order valence-corrected chi connectivity index (χ1v) is 10.4. The molecule has 28 heavy (non-hydrogen) atoms. The van der Waals surface area contributed by atoms with Gasteiger partial charge in [-0.25, -0.2) is 4.98 Å². The second-order valence-corrected chi connectivity index (χ2v) is 7.61. The Balaban J connectivity index is 1.69. The predicted octanol–water partition coefficient (Wildman–Crippen LogP) is 5.03. The molecule has 2 aromatic heterocycles. The molecule has 6 heteroatoms. The lowest BCUT2D eigenvalue weighted by molar-refractivity contribution is 0.0959. The molecule has 0 saturated carbocycles. The summed E-state index contributed by atoms with van der Waals surface area (Å²) >= 11 is 1.54. The second-order valence-electron chi connectivity index (χ2n) is 6.60. The van der Waals surface area contributed by atoms with Crippen molar-refractivity contribution in [1.82, 2.24) is 9.88 Å². The van der Waals surface area contributed by atoms with Gasteiger partial charge in [0.15, 0.2) is 10.9 Å². The number of nitrogens with zero attached hydrogens (tertiary/aromatic N) is 3. The van der Waals surface area contributed by atoms with E-state index in [4.69, 9.17) is 9.40 Å². The Morgan fingerprint density at radius 2 is 1.79 bits per heavy atom. The van der Waals surface area contributed by atoms with E-state index < -0.39 is 0 Å². The molecular formula is C22H23N3O2S. The number of furan rings is 1. The number of amides is 1. The minimum atomic E-state index is -0.151. The van der Waals surface area contributed by atoms with E-state index in [0.717, 1.165) is 40.8 Å². The normalized spacial score (nSPS) is 11.5. The van der Waals surface area contributed by atoms with E-state index in [1.807, 2.05) is 54.6 Å². The zero-order valence-electron chi connectivity index (χ0n) is 16.1. The molecular weight excluding hydrogens is 370 g/mol. The Morgan fingerprint density at radius 3 is 2.54 bits per heavy atom. The highest BCUT2D eigenvalue weighted by atomic mass is 32.1. The fourth-order valence-corrected chi connectivity index (χ4v) is 4.25. The number of fused-ring (bicyclic) bond motifs is 2. The third-order valence-electron chi connectivity index (χ3n) is 4.93. The minimum Gasteiger partial charge on any atom is -0.451 e. The molecule has 0 saturated heterocycles. The summed E-state index contributed by atoms with van der Waals surface area (Å²) in [5.74, 6) is 0.197. The number of hydrogen-bond acceptors (Lipinski definition) is 5. The van der Waals surface area contributed by atoms with Crippen molar-refractivity contribution in [2.75, 3.05) is 31.1 Å². The van der Waals surface area contributed by atoms with Crippen LogP contribution in [-0.4, -0.2) is 42.0 Å². The SMILES string of the molecule is CCN(CC)CCN(C(=O)c1cc2ccccc2o1)c1nc2ccccc2s1. The van der Waals surface area contributed by atoms with Crippen LogP contribution in [0.25, 0.3) is 21.2 Å². The minimum absolute atomic E-state index is 0.151. The van der Waals surface area contributed by atoms with Crippen LogP contribution in [-0.2, 0) is 0 Å². The molecule has 0 atom stereocenters. The van der Waals surface area contributed by atoms with Gasteiger partial charge in [0.05, 0.1) is 10.2 Å². The summed E-state index contributed by atoms with van der Waals surface area (Å²) in [5.41, 5.74) is 1.63. The molecule has 0 bridgehead atoms. The first-order chi connectivity index (χ1) is 13.7. The van der Waals surface area contributed by atoms with Gasteiger partial charge in [-0.3, -0.25) is 9.69 Å². The van der Waals surface area contributed by atoms with Crippen molar-refractivity contribution >= 4 is 43.6 Å². The summed E-state index contributed by atoms with van der Waals surface area (Å²) in [6, 6.07) is 17.5. The van der Waals surface area contributed by atoms with Crippen LogP contribution in [0.15, 0.2) is 59.0 Å². The Bertz CT molecular complexity index is 1030. The number of hydrogen-bond donors (Lipinski definition) is 0. The topological polar surface area (TPSA) is 49.6 Å². The van der Waals surface area contributed by atoms with Gasteiger partial charge in [0.25, 0.3) is 5.91 Å². The van der Waals surface area contributed by atoms with Crippen LogP contribution in [0, 0.1) is 0 Å². The van der Waals surface area contributed by atoms with Crippen LogP contribution in [0.2, 0.25) is 0 Å². The van der Waals surface area contributed by atoms with Crippen LogP contribution in [0.4, 0.5) is 5.13 Å². The fourth-order valence-electron chi connectivity index (χ4n) is 3.26. The number of para-hydroxylation sites is 2. The zero-order valence-corrected chi connectivity index (χ0v) is 16.9. The van der Waals surface area contributed by atoms with Crippen molar-refractivity contribution in [3.05, 3.63) is 60.4 Å². The average molecular weight is 394 g/mol. The van der Waals surface area contributed by atoms with Crippen LogP contribution < -0.4 is 4.90 Å². The van der Waals surface area contributed by atoms with Gasteiger partial charge in [-0.2, -0.15) is 0 Å². The lowest BCUT2D eigenvalue weighted by Crippen LogP contribution is -2.38. The van der Waals surface area contributed by atoms with Gasteiger partial charge >= 0.3 is 0 Å². The van der Waals surface area contributed by atoms with Gasteiger partial charge in [-0.05, 0) is 37.4 Å². The Kier molecular flexibility index (Phi) is 5.41. The maximum Gasteiger partial charge on any atom is 0.295 e. The maximum absolute atomic E-state index is 13.4. The first kappa shape index (κ1) is 18.7. The van der Waals surface area contributed by atoms with Crippen LogP contribution >= 0.6 is 11.3 Å². The third kappa shape index (κ3) is 3.66. The van der Waals surface area contributed by atoms with Gasteiger partial charge in [0.1, 0.15) is 5.58 Å². The number of aromatic nitrogens is 1. The van der Waals surface area contributed by atoms with Crippen LogP contribution in [0.3, 0.4) is 0 Å². The number of carbonyl (C=O) groups is 1. The van der Waals surface area contributed by atoms with E-state index in [9.17, 15) is 4.79 Å². The fraction of sp³-hybridized carbons (Fsp3) is 0.273. The van der Waals surface area contributed by atoms with E-state index in [1.165, 1.54) is 11.3 Å². The molecule has 0 N–H and O–H groups in total. The number of rotatable bonds is 7. The molecule has 5 nitrogen and oxygen atoms in total. The molecule has 0 radical (unpaired) electrons. The van der Waals surface area contributed by atoms with E-state index in [1.54, 1.807) is 4.90 Å². The maximum atomic E-state index is 13.4. The molecule has 0 aliphatic carbocycles. The summed E-state index contributed by atoms with van der Waals surface area (Å²) in [5, 5.41) is 1.64. The van der Waals surface area contributed by atoms with Crippen molar-refractivity contribution in [2.45, 2.75) is 13.8 Å². The summed E-state index contributed by atoms with van der Waals surface area (Å²) in [6.45, 7) is 7.51. The lowest BCUT2D eigenvalue weighted by Gasteiger charge is -2.24. The van der Waals surface area contributed by atoms with Crippen molar-refractivity contribution in [1.29, 1.82) is 0 Å². The second kappa shape index (κ2) is 8.12. The first-order valence-electron chi connectivity index (χ1n) is 9.58. The largest absolute Gasteiger partial charge is 0.451 e. The highest BCUT2D eigenvalue weighted by Gasteiger charge is 2.24. The van der Waals surface area contributed by atoms with Gasteiger partial charge in [-0.15, -0.1) is 0 Å². The van der Waals surface area contributed by atoms with Crippen molar-refractivity contribution < 1.29 is 9.21 Å². The summed E-state index contributed by atoms with van der Waals surface area (Å²) < 4.78 is 6.91. The van der Waals surface area contributed by atoms with Crippen LogP contribution in [0.5, 0.6) is 0 Å². The number of anilines is 1. The number of likely N-dealkylation sites (N-methyl/N-ethyl adjacent to an activating group) is 1. The monoisotopic (exact) mass is 393 g/mol. The average Bonchev–Trinajstić information content (AvgIpc) is 3.34. The molecule has 4 rings (SSSR count). The molecule has 0 spiro atoms. The highest BCUT2D eigenvalue weighted by molar-refractivity contribution is 7.22. The molecule has 0 unspecified atom stereocenters. The smallest absolute Gasteiger partial charge is 0.295 e.